The fourth-order valence-corrected chi connectivity index (χ4v) is 3.38. The minimum Gasteiger partial charge on any atom is -0.308 e. The molecular formula is C17H16FN3O2S. The molecule has 5 nitrogen and oxygen atoms in total. The summed E-state index contributed by atoms with van der Waals surface area (Å²) in [6, 6.07) is 4.44. The number of aryl methyl sites for hydroxylation is 2. The summed E-state index contributed by atoms with van der Waals surface area (Å²) in [5, 5.41) is 1.82. The SMILES string of the molecule is CCN(C(=O)c1cnc2scc(C)n2c1=O)c1ccc(F)c(C)c1. The van der Waals surface area contributed by atoms with Gasteiger partial charge in [0.05, 0.1) is 0 Å². The third kappa shape index (κ3) is 2.60. The van der Waals surface area contributed by atoms with Gasteiger partial charge in [-0.2, -0.15) is 0 Å². The molecule has 0 saturated heterocycles. The van der Waals surface area contributed by atoms with E-state index in [-0.39, 0.29) is 16.9 Å². The van der Waals surface area contributed by atoms with Crippen LogP contribution in [0.4, 0.5) is 10.1 Å². The van der Waals surface area contributed by atoms with Crippen LogP contribution in [-0.2, 0) is 0 Å². The van der Waals surface area contributed by atoms with E-state index in [4.69, 9.17) is 0 Å². The van der Waals surface area contributed by atoms with E-state index >= 15 is 0 Å². The number of fused-ring (bicyclic) bond motifs is 1. The van der Waals surface area contributed by atoms with Gasteiger partial charge in [0.25, 0.3) is 11.5 Å². The quantitative estimate of drug-likeness (QED) is 0.733. The maximum Gasteiger partial charge on any atom is 0.271 e. The number of nitrogens with zero attached hydrogens (tertiary/aromatic N) is 3. The fraction of sp³-hybridized carbons (Fsp3) is 0.235. The van der Waals surface area contributed by atoms with E-state index in [1.165, 1.54) is 39.0 Å². The average Bonchev–Trinajstić information content (AvgIpc) is 2.94. The van der Waals surface area contributed by atoms with Gasteiger partial charge in [-0.1, -0.05) is 0 Å². The molecule has 0 N–H and O–H groups in total. The Balaban J connectivity index is 2.09. The molecule has 0 radical (unpaired) electrons. The Labute approximate surface area is 142 Å². The smallest absolute Gasteiger partial charge is 0.271 e. The Hall–Kier alpha value is -2.54. The number of thiazole rings is 1. The van der Waals surface area contributed by atoms with Crippen molar-refractivity contribution in [3.63, 3.8) is 0 Å². The Bertz CT molecular complexity index is 993. The molecule has 0 bridgehead atoms. The molecule has 0 aliphatic heterocycles. The molecule has 0 spiro atoms. The van der Waals surface area contributed by atoms with Gasteiger partial charge in [-0.3, -0.25) is 14.0 Å². The van der Waals surface area contributed by atoms with E-state index < -0.39 is 5.91 Å². The van der Waals surface area contributed by atoms with Crippen molar-refractivity contribution in [2.75, 3.05) is 11.4 Å². The number of anilines is 1. The van der Waals surface area contributed by atoms with E-state index in [0.717, 1.165) is 5.69 Å². The summed E-state index contributed by atoms with van der Waals surface area (Å²) in [6.45, 7) is 5.58. The highest BCUT2D eigenvalue weighted by atomic mass is 32.1. The van der Waals surface area contributed by atoms with Gasteiger partial charge in [-0.25, -0.2) is 9.37 Å². The third-order valence-electron chi connectivity index (χ3n) is 3.86. The molecule has 0 fully saturated rings. The van der Waals surface area contributed by atoms with E-state index in [0.29, 0.717) is 22.8 Å². The van der Waals surface area contributed by atoms with Crippen LogP contribution in [0.15, 0.2) is 34.6 Å². The summed E-state index contributed by atoms with van der Waals surface area (Å²) in [4.78, 5) is 31.7. The Morgan fingerprint density at radius 2 is 2.12 bits per heavy atom. The minimum absolute atomic E-state index is 0.00201. The maximum absolute atomic E-state index is 13.5. The highest BCUT2D eigenvalue weighted by molar-refractivity contribution is 7.15. The van der Waals surface area contributed by atoms with Gasteiger partial charge in [0.1, 0.15) is 11.4 Å². The van der Waals surface area contributed by atoms with Crippen LogP contribution in [0.2, 0.25) is 0 Å². The first-order valence-electron chi connectivity index (χ1n) is 7.48. The Kier molecular flexibility index (Phi) is 4.19. The molecule has 1 aromatic carbocycles. The van der Waals surface area contributed by atoms with Crippen molar-refractivity contribution < 1.29 is 9.18 Å². The van der Waals surface area contributed by atoms with Gasteiger partial charge in [0.15, 0.2) is 4.96 Å². The molecular weight excluding hydrogens is 329 g/mol. The predicted molar refractivity (Wildman–Crippen MR) is 92.6 cm³/mol. The predicted octanol–water partition coefficient (Wildman–Crippen LogP) is 3.18. The molecule has 0 aliphatic carbocycles. The molecule has 7 heteroatoms. The third-order valence-corrected chi connectivity index (χ3v) is 4.82. The van der Waals surface area contributed by atoms with E-state index in [1.807, 2.05) is 5.38 Å². The van der Waals surface area contributed by atoms with Gasteiger partial charge < -0.3 is 4.90 Å². The van der Waals surface area contributed by atoms with Crippen molar-refractivity contribution in [1.82, 2.24) is 9.38 Å². The first kappa shape index (κ1) is 16.3. The first-order valence-corrected chi connectivity index (χ1v) is 8.36. The molecule has 24 heavy (non-hydrogen) atoms. The number of aromatic nitrogens is 2. The number of carbonyl (C=O) groups excluding carboxylic acids is 1. The molecule has 2 aromatic heterocycles. The van der Waals surface area contributed by atoms with E-state index in [1.54, 1.807) is 26.8 Å². The second-order valence-electron chi connectivity index (χ2n) is 5.45. The van der Waals surface area contributed by atoms with Gasteiger partial charge in [-0.15, -0.1) is 11.3 Å². The number of hydrogen-bond acceptors (Lipinski definition) is 4. The second kappa shape index (κ2) is 6.16. The summed E-state index contributed by atoms with van der Waals surface area (Å²) in [5.41, 5.74) is 1.34. The molecule has 1 amide bonds. The molecule has 124 valence electrons. The number of carbonyl (C=O) groups is 1. The number of rotatable bonds is 3. The topological polar surface area (TPSA) is 54.7 Å². The lowest BCUT2D eigenvalue weighted by Crippen LogP contribution is -2.36. The monoisotopic (exact) mass is 345 g/mol. The van der Waals surface area contributed by atoms with Crippen molar-refractivity contribution >= 4 is 27.9 Å². The zero-order chi connectivity index (χ0) is 17.4. The molecule has 3 aromatic rings. The number of amides is 1. The van der Waals surface area contributed by atoms with Crippen molar-refractivity contribution in [2.24, 2.45) is 0 Å². The van der Waals surface area contributed by atoms with Crippen LogP contribution in [0.1, 0.15) is 28.5 Å². The van der Waals surface area contributed by atoms with Crippen LogP contribution >= 0.6 is 11.3 Å². The molecule has 2 heterocycles. The lowest BCUT2D eigenvalue weighted by molar-refractivity contribution is 0.0986. The van der Waals surface area contributed by atoms with Crippen LogP contribution in [0.25, 0.3) is 4.96 Å². The minimum atomic E-state index is -0.444. The normalized spacial score (nSPS) is 11.0. The van der Waals surface area contributed by atoms with Crippen molar-refractivity contribution in [3.05, 3.63) is 62.8 Å². The number of hydrogen-bond donors (Lipinski definition) is 0. The molecule has 0 unspecified atom stereocenters. The summed E-state index contributed by atoms with van der Waals surface area (Å²) in [5.74, 6) is -0.777. The lowest BCUT2D eigenvalue weighted by atomic mass is 10.1. The van der Waals surface area contributed by atoms with Crippen LogP contribution in [-0.4, -0.2) is 21.8 Å². The van der Waals surface area contributed by atoms with Crippen molar-refractivity contribution in [1.29, 1.82) is 0 Å². The van der Waals surface area contributed by atoms with E-state index in [2.05, 4.69) is 4.98 Å². The maximum atomic E-state index is 13.5. The average molecular weight is 345 g/mol. The fourth-order valence-electron chi connectivity index (χ4n) is 2.56. The standard InChI is InChI=1S/C17H16FN3O2S/c1-4-20(12-5-6-14(18)10(2)7-12)15(22)13-8-19-17-21(16(13)23)11(3)9-24-17/h5-9H,4H2,1-3H3. The van der Waals surface area contributed by atoms with Gasteiger partial charge in [-0.05, 0) is 44.5 Å². The molecule has 0 atom stereocenters. The zero-order valence-corrected chi connectivity index (χ0v) is 14.4. The zero-order valence-electron chi connectivity index (χ0n) is 13.5. The summed E-state index contributed by atoms with van der Waals surface area (Å²) < 4.78 is 14.9. The first-order chi connectivity index (χ1) is 11.4. The van der Waals surface area contributed by atoms with E-state index in [9.17, 15) is 14.0 Å². The number of benzene rings is 1. The number of halogens is 1. The van der Waals surface area contributed by atoms with Crippen LogP contribution in [0.5, 0.6) is 0 Å². The highest BCUT2D eigenvalue weighted by Crippen LogP contribution is 2.20. The van der Waals surface area contributed by atoms with Crippen molar-refractivity contribution in [3.8, 4) is 0 Å². The summed E-state index contributed by atoms with van der Waals surface area (Å²) in [6.07, 6.45) is 1.31. The molecule has 3 rings (SSSR count). The van der Waals surface area contributed by atoms with Crippen LogP contribution < -0.4 is 10.5 Å². The molecule has 0 aliphatic rings. The summed E-state index contributed by atoms with van der Waals surface area (Å²) >= 11 is 1.35. The van der Waals surface area contributed by atoms with Gasteiger partial charge >= 0.3 is 0 Å². The van der Waals surface area contributed by atoms with Gasteiger partial charge in [0.2, 0.25) is 0 Å². The largest absolute Gasteiger partial charge is 0.308 e. The van der Waals surface area contributed by atoms with Gasteiger partial charge in [0, 0.05) is 29.5 Å². The van der Waals surface area contributed by atoms with Crippen LogP contribution in [0.3, 0.4) is 0 Å². The summed E-state index contributed by atoms with van der Waals surface area (Å²) in [7, 11) is 0. The second-order valence-corrected chi connectivity index (χ2v) is 6.29. The molecule has 0 saturated carbocycles. The van der Waals surface area contributed by atoms with Crippen LogP contribution in [0, 0.1) is 19.7 Å². The Morgan fingerprint density at radius 3 is 2.79 bits per heavy atom. The Morgan fingerprint density at radius 1 is 1.38 bits per heavy atom. The lowest BCUT2D eigenvalue weighted by Gasteiger charge is -2.21. The highest BCUT2D eigenvalue weighted by Gasteiger charge is 2.22. The van der Waals surface area contributed by atoms with Crippen molar-refractivity contribution in [2.45, 2.75) is 20.8 Å².